The highest BCUT2D eigenvalue weighted by atomic mass is 16.5. The SMILES string of the molecule is Cc1ccc(Oc2ncccc2C(=O)N2CCC[C@H](c3cncc(Oc4ccccc4)n3)C2)cn1. The molecule has 0 N–H and O–H groups in total. The van der Waals surface area contributed by atoms with Crippen molar-refractivity contribution >= 4 is 5.91 Å². The summed E-state index contributed by atoms with van der Waals surface area (Å²) < 4.78 is 11.7. The fraction of sp³-hybridized carbons (Fsp3) is 0.222. The van der Waals surface area contributed by atoms with Crippen LogP contribution in [0.25, 0.3) is 0 Å². The van der Waals surface area contributed by atoms with Gasteiger partial charge in [-0.3, -0.25) is 14.8 Å². The molecule has 0 radical (unpaired) electrons. The monoisotopic (exact) mass is 467 g/mol. The summed E-state index contributed by atoms with van der Waals surface area (Å²) >= 11 is 0. The number of para-hydroxylation sites is 1. The molecule has 8 heteroatoms. The Bertz CT molecular complexity index is 1300. The van der Waals surface area contributed by atoms with Gasteiger partial charge in [-0.15, -0.1) is 0 Å². The van der Waals surface area contributed by atoms with E-state index in [-0.39, 0.29) is 17.7 Å². The van der Waals surface area contributed by atoms with E-state index < -0.39 is 0 Å². The predicted octanol–water partition coefficient (Wildman–Crippen LogP) is 5.18. The Morgan fingerprint density at radius 1 is 0.943 bits per heavy atom. The molecule has 1 aliphatic rings. The molecule has 3 aromatic heterocycles. The standard InChI is InChI=1S/C27H25N5O3/c1-19-11-12-22(15-30-19)35-26-23(10-5-13-29-26)27(33)32-14-6-7-20(18-32)24-16-28-17-25(31-24)34-21-8-3-2-4-9-21/h2-5,8-13,15-17,20H,6-7,14,18H2,1H3/t20-/m0/s1. The van der Waals surface area contributed by atoms with E-state index in [4.69, 9.17) is 9.47 Å². The zero-order valence-electron chi connectivity index (χ0n) is 19.4. The molecular weight excluding hydrogens is 442 g/mol. The lowest BCUT2D eigenvalue weighted by atomic mass is 9.94. The van der Waals surface area contributed by atoms with Gasteiger partial charge in [0.05, 0.1) is 18.1 Å². The van der Waals surface area contributed by atoms with Crippen LogP contribution in [-0.2, 0) is 0 Å². The zero-order chi connectivity index (χ0) is 24.0. The summed E-state index contributed by atoms with van der Waals surface area (Å²) in [4.78, 5) is 32.9. The molecule has 0 aliphatic carbocycles. The highest BCUT2D eigenvalue weighted by Gasteiger charge is 2.28. The van der Waals surface area contributed by atoms with Gasteiger partial charge in [0.15, 0.2) is 0 Å². The first-order chi connectivity index (χ1) is 17.2. The van der Waals surface area contributed by atoms with Gasteiger partial charge in [0, 0.05) is 37.1 Å². The number of carbonyl (C=O) groups excluding carboxylic acids is 1. The predicted molar refractivity (Wildman–Crippen MR) is 130 cm³/mol. The molecule has 1 atom stereocenters. The van der Waals surface area contributed by atoms with E-state index in [0.29, 0.717) is 36.0 Å². The normalized spacial score (nSPS) is 15.5. The van der Waals surface area contributed by atoms with Gasteiger partial charge >= 0.3 is 0 Å². The average Bonchev–Trinajstić information content (AvgIpc) is 2.91. The highest BCUT2D eigenvalue weighted by molar-refractivity contribution is 5.96. The number of hydrogen-bond donors (Lipinski definition) is 0. The first-order valence-corrected chi connectivity index (χ1v) is 11.6. The Morgan fingerprint density at radius 2 is 1.83 bits per heavy atom. The van der Waals surface area contributed by atoms with E-state index in [1.807, 2.05) is 54.3 Å². The maximum Gasteiger partial charge on any atom is 0.259 e. The average molecular weight is 468 g/mol. The number of pyridine rings is 2. The molecule has 1 amide bonds. The van der Waals surface area contributed by atoms with Crippen molar-refractivity contribution in [2.24, 2.45) is 0 Å². The number of amides is 1. The summed E-state index contributed by atoms with van der Waals surface area (Å²) in [6, 6.07) is 16.6. The molecule has 0 saturated carbocycles. The van der Waals surface area contributed by atoms with Crippen molar-refractivity contribution in [2.75, 3.05) is 13.1 Å². The Balaban J connectivity index is 1.31. The van der Waals surface area contributed by atoms with Gasteiger partial charge in [0.2, 0.25) is 11.8 Å². The van der Waals surface area contributed by atoms with Crippen molar-refractivity contribution in [3.8, 4) is 23.3 Å². The molecule has 1 aromatic carbocycles. The highest BCUT2D eigenvalue weighted by Crippen LogP contribution is 2.30. The van der Waals surface area contributed by atoms with Gasteiger partial charge in [0.1, 0.15) is 17.1 Å². The Morgan fingerprint density at radius 3 is 2.66 bits per heavy atom. The number of hydrogen-bond acceptors (Lipinski definition) is 7. The minimum atomic E-state index is -0.123. The number of carbonyl (C=O) groups is 1. The van der Waals surface area contributed by atoms with Crippen LogP contribution >= 0.6 is 0 Å². The second-order valence-electron chi connectivity index (χ2n) is 8.38. The van der Waals surface area contributed by atoms with Gasteiger partial charge in [-0.05, 0) is 56.2 Å². The molecule has 8 nitrogen and oxygen atoms in total. The van der Waals surface area contributed by atoms with Crippen molar-refractivity contribution in [3.05, 3.63) is 96.3 Å². The van der Waals surface area contributed by atoms with Gasteiger partial charge in [-0.25, -0.2) is 9.97 Å². The molecule has 4 heterocycles. The fourth-order valence-electron chi connectivity index (χ4n) is 4.05. The minimum Gasteiger partial charge on any atom is -0.437 e. The van der Waals surface area contributed by atoms with Crippen molar-refractivity contribution in [1.82, 2.24) is 24.8 Å². The molecular formula is C27H25N5O3. The van der Waals surface area contributed by atoms with Crippen LogP contribution in [0.15, 0.2) is 79.4 Å². The Kier molecular flexibility index (Phi) is 6.61. The van der Waals surface area contributed by atoms with Crippen LogP contribution < -0.4 is 9.47 Å². The molecule has 5 rings (SSSR count). The summed E-state index contributed by atoms with van der Waals surface area (Å²) in [7, 11) is 0. The molecule has 0 bridgehead atoms. The maximum absolute atomic E-state index is 13.5. The van der Waals surface area contributed by atoms with E-state index in [9.17, 15) is 4.79 Å². The van der Waals surface area contributed by atoms with E-state index in [1.54, 1.807) is 36.9 Å². The number of rotatable bonds is 6. The number of aryl methyl sites for hydroxylation is 1. The topological polar surface area (TPSA) is 90.3 Å². The number of aromatic nitrogens is 4. The zero-order valence-corrected chi connectivity index (χ0v) is 19.4. The van der Waals surface area contributed by atoms with Gasteiger partial charge in [-0.2, -0.15) is 0 Å². The summed E-state index contributed by atoms with van der Waals surface area (Å²) in [6.45, 7) is 3.09. The molecule has 176 valence electrons. The summed E-state index contributed by atoms with van der Waals surface area (Å²) in [6.07, 6.45) is 8.36. The minimum absolute atomic E-state index is 0.0573. The van der Waals surface area contributed by atoms with Crippen LogP contribution in [0.2, 0.25) is 0 Å². The number of benzene rings is 1. The molecule has 0 spiro atoms. The van der Waals surface area contributed by atoms with Crippen LogP contribution in [0, 0.1) is 6.92 Å². The lowest BCUT2D eigenvalue weighted by Gasteiger charge is -2.32. The van der Waals surface area contributed by atoms with Crippen molar-refractivity contribution in [3.63, 3.8) is 0 Å². The summed E-state index contributed by atoms with van der Waals surface area (Å²) in [5.41, 5.74) is 2.11. The van der Waals surface area contributed by atoms with E-state index in [1.165, 1.54) is 0 Å². The smallest absolute Gasteiger partial charge is 0.259 e. The lowest BCUT2D eigenvalue weighted by molar-refractivity contribution is 0.0702. The van der Waals surface area contributed by atoms with Gasteiger partial charge < -0.3 is 14.4 Å². The summed E-state index contributed by atoms with van der Waals surface area (Å²) in [5, 5.41) is 0. The second-order valence-corrected chi connectivity index (χ2v) is 8.38. The largest absolute Gasteiger partial charge is 0.437 e. The van der Waals surface area contributed by atoms with Crippen LogP contribution in [0.5, 0.6) is 23.3 Å². The van der Waals surface area contributed by atoms with Crippen LogP contribution in [-0.4, -0.2) is 43.8 Å². The van der Waals surface area contributed by atoms with Crippen molar-refractivity contribution in [1.29, 1.82) is 0 Å². The van der Waals surface area contributed by atoms with Crippen LogP contribution in [0.1, 0.15) is 40.5 Å². The number of piperidine rings is 1. The molecule has 35 heavy (non-hydrogen) atoms. The Hall–Kier alpha value is -4.33. The number of likely N-dealkylation sites (tertiary alicyclic amines) is 1. The second kappa shape index (κ2) is 10.3. The fourth-order valence-corrected chi connectivity index (χ4v) is 4.05. The number of nitrogens with zero attached hydrogens (tertiary/aromatic N) is 5. The quantitative estimate of drug-likeness (QED) is 0.386. The third-order valence-electron chi connectivity index (χ3n) is 5.82. The van der Waals surface area contributed by atoms with Gasteiger partial charge in [0.25, 0.3) is 5.91 Å². The van der Waals surface area contributed by atoms with Crippen LogP contribution in [0.3, 0.4) is 0 Å². The summed E-state index contributed by atoms with van der Waals surface area (Å²) in [5.74, 6) is 1.87. The molecule has 1 saturated heterocycles. The Labute approximate surface area is 203 Å². The first kappa shape index (κ1) is 22.5. The van der Waals surface area contributed by atoms with Crippen molar-refractivity contribution in [2.45, 2.75) is 25.7 Å². The third-order valence-corrected chi connectivity index (χ3v) is 5.82. The van der Waals surface area contributed by atoms with Crippen LogP contribution in [0.4, 0.5) is 0 Å². The first-order valence-electron chi connectivity index (χ1n) is 11.6. The third kappa shape index (κ3) is 5.43. The lowest BCUT2D eigenvalue weighted by Crippen LogP contribution is -2.39. The molecule has 0 unspecified atom stereocenters. The molecule has 1 aliphatic heterocycles. The number of ether oxygens (including phenoxy) is 2. The molecule has 1 fully saturated rings. The van der Waals surface area contributed by atoms with Gasteiger partial charge in [-0.1, -0.05) is 18.2 Å². The van der Waals surface area contributed by atoms with E-state index in [0.717, 1.165) is 24.2 Å². The maximum atomic E-state index is 13.5. The molecule has 4 aromatic rings. The van der Waals surface area contributed by atoms with Crippen molar-refractivity contribution < 1.29 is 14.3 Å². The van der Waals surface area contributed by atoms with E-state index in [2.05, 4.69) is 19.9 Å². The van der Waals surface area contributed by atoms with E-state index >= 15 is 0 Å².